The van der Waals surface area contributed by atoms with Crippen molar-refractivity contribution >= 4 is 23.0 Å². The van der Waals surface area contributed by atoms with Gasteiger partial charge in [-0.3, -0.25) is 0 Å². The highest BCUT2D eigenvalue weighted by Crippen LogP contribution is 2.20. The van der Waals surface area contributed by atoms with Gasteiger partial charge in [0.15, 0.2) is 0 Å². The highest BCUT2D eigenvalue weighted by atomic mass is 15.1. The van der Waals surface area contributed by atoms with Crippen molar-refractivity contribution in [1.29, 1.82) is 5.26 Å². The maximum atomic E-state index is 8.81. The molecule has 0 radical (unpaired) electrons. The molecule has 23 heavy (non-hydrogen) atoms. The molecule has 2 N–H and O–H groups in total. The lowest BCUT2D eigenvalue weighted by molar-refractivity contribution is 1.17. The second kappa shape index (κ2) is 6.58. The summed E-state index contributed by atoms with van der Waals surface area (Å²) in [6, 6.07) is 19.2. The molecule has 2 aromatic carbocycles. The lowest BCUT2D eigenvalue weighted by Gasteiger charge is -2.09. The summed E-state index contributed by atoms with van der Waals surface area (Å²) in [5.74, 6) is 1.39. The molecule has 5 nitrogen and oxygen atoms in total. The van der Waals surface area contributed by atoms with Crippen LogP contribution in [0.2, 0.25) is 0 Å². The van der Waals surface area contributed by atoms with E-state index in [-0.39, 0.29) is 0 Å². The van der Waals surface area contributed by atoms with Crippen LogP contribution in [0.4, 0.5) is 23.0 Å². The standard InChI is InChI=1S/C18H15N5/c1-13-3-2-4-16(9-13)23-18-10-17(20-12-21-18)22-15-7-5-14(11-19)6-8-15/h2-10,12H,1H3,(H2,20,21,22,23). The number of hydrogen-bond acceptors (Lipinski definition) is 5. The molecule has 0 fully saturated rings. The smallest absolute Gasteiger partial charge is 0.135 e. The summed E-state index contributed by atoms with van der Waals surface area (Å²) in [5.41, 5.74) is 3.65. The van der Waals surface area contributed by atoms with Gasteiger partial charge < -0.3 is 10.6 Å². The van der Waals surface area contributed by atoms with Gasteiger partial charge in [-0.05, 0) is 48.9 Å². The summed E-state index contributed by atoms with van der Waals surface area (Å²) in [5, 5.41) is 15.3. The fraction of sp³-hybridized carbons (Fsp3) is 0.0556. The number of benzene rings is 2. The summed E-state index contributed by atoms with van der Waals surface area (Å²) in [7, 11) is 0. The summed E-state index contributed by atoms with van der Waals surface area (Å²) in [4.78, 5) is 8.44. The number of nitriles is 1. The molecule has 0 amide bonds. The van der Waals surface area contributed by atoms with E-state index >= 15 is 0 Å². The summed E-state index contributed by atoms with van der Waals surface area (Å²) in [6.07, 6.45) is 1.50. The maximum Gasteiger partial charge on any atom is 0.135 e. The van der Waals surface area contributed by atoms with E-state index in [0.29, 0.717) is 17.2 Å². The average molecular weight is 301 g/mol. The molecule has 0 unspecified atom stereocenters. The van der Waals surface area contributed by atoms with E-state index in [4.69, 9.17) is 5.26 Å². The van der Waals surface area contributed by atoms with Gasteiger partial charge in [0.1, 0.15) is 18.0 Å². The molecule has 0 aliphatic carbocycles. The van der Waals surface area contributed by atoms with E-state index in [0.717, 1.165) is 11.4 Å². The van der Waals surface area contributed by atoms with Gasteiger partial charge in [-0.15, -0.1) is 0 Å². The van der Waals surface area contributed by atoms with Crippen molar-refractivity contribution in [3.05, 3.63) is 72.1 Å². The third-order valence-corrected chi connectivity index (χ3v) is 3.24. The Kier molecular flexibility index (Phi) is 4.16. The predicted octanol–water partition coefficient (Wildman–Crippen LogP) is 4.14. The van der Waals surface area contributed by atoms with E-state index in [1.807, 2.05) is 43.3 Å². The van der Waals surface area contributed by atoms with Crippen LogP contribution in [0.15, 0.2) is 60.9 Å². The van der Waals surface area contributed by atoms with Gasteiger partial charge in [0.2, 0.25) is 0 Å². The van der Waals surface area contributed by atoms with Crippen molar-refractivity contribution in [2.24, 2.45) is 0 Å². The summed E-state index contributed by atoms with van der Waals surface area (Å²) < 4.78 is 0. The summed E-state index contributed by atoms with van der Waals surface area (Å²) >= 11 is 0. The Morgan fingerprint density at radius 1 is 0.870 bits per heavy atom. The fourth-order valence-corrected chi connectivity index (χ4v) is 2.14. The lowest BCUT2D eigenvalue weighted by atomic mass is 10.2. The minimum atomic E-state index is 0.625. The first-order valence-electron chi connectivity index (χ1n) is 7.16. The number of nitrogens with zero attached hydrogens (tertiary/aromatic N) is 3. The molecule has 1 aromatic heterocycles. The number of hydrogen-bond donors (Lipinski definition) is 2. The van der Waals surface area contributed by atoms with Gasteiger partial charge in [0.25, 0.3) is 0 Å². The Bertz CT molecular complexity index is 850. The normalized spacial score (nSPS) is 9.91. The average Bonchev–Trinajstić information content (AvgIpc) is 2.56. The van der Waals surface area contributed by atoms with Gasteiger partial charge in [-0.1, -0.05) is 12.1 Å². The monoisotopic (exact) mass is 301 g/mol. The molecule has 0 aliphatic heterocycles. The third-order valence-electron chi connectivity index (χ3n) is 3.24. The molecule has 112 valence electrons. The first-order valence-corrected chi connectivity index (χ1v) is 7.16. The van der Waals surface area contributed by atoms with Crippen LogP contribution in [-0.4, -0.2) is 9.97 Å². The Balaban J connectivity index is 1.75. The van der Waals surface area contributed by atoms with Crippen LogP contribution in [0.25, 0.3) is 0 Å². The van der Waals surface area contributed by atoms with Crippen molar-refractivity contribution in [2.75, 3.05) is 10.6 Å². The molecule has 0 aliphatic rings. The Hall–Kier alpha value is -3.39. The molecular formula is C18H15N5. The van der Waals surface area contributed by atoms with Crippen LogP contribution < -0.4 is 10.6 Å². The molecular weight excluding hydrogens is 286 g/mol. The second-order valence-electron chi connectivity index (χ2n) is 5.10. The molecule has 0 saturated carbocycles. The highest BCUT2D eigenvalue weighted by Gasteiger charge is 2.01. The van der Waals surface area contributed by atoms with Crippen LogP contribution >= 0.6 is 0 Å². The first-order chi connectivity index (χ1) is 11.2. The van der Waals surface area contributed by atoms with Crippen LogP contribution in [0.1, 0.15) is 11.1 Å². The number of aromatic nitrogens is 2. The van der Waals surface area contributed by atoms with Gasteiger partial charge in [-0.25, -0.2) is 9.97 Å². The number of rotatable bonds is 4. The maximum absolute atomic E-state index is 8.81. The fourth-order valence-electron chi connectivity index (χ4n) is 2.14. The van der Waals surface area contributed by atoms with Crippen molar-refractivity contribution in [3.63, 3.8) is 0 Å². The van der Waals surface area contributed by atoms with E-state index < -0.39 is 0 Å². The quantitative estimate of drug-likeness (QED) is 0.757. The predicted molar refractivity (Wildman–Crippen MR) is 90.9 cm³/mol. The van der Waals surface area contributed by atoms with E-state index in [1.54, 1.807) is 12.1 Å². The van der Waals surface area contributed by atoms with Crippen molar-refractivity contribution in [3.8, 4) is 6.07 Å². The van der Waals surface area contributed by atoms with E-state index in [2.05, 4.69) is 32.7 Å². The van der Waals surface area contributed by atoms with Gasteiger partial charge in [0, 0.05) is 17.4 Å². The van der Waals surface area contributed by atoms with E-state index in [9.17, 15) is 0 Å². The van der Waals surface area contributed by atoms with Crippen LogP contribution in [0.5, 0.6) is 0 Å². The Labute approximate surface area is 134 Å². The molecule has 5 heteroatoms. The molecule has 0 spiro atoms. The first kappa shape index (κ1) is 14.5. The van der Waals surface area contributed by atoms with Gasteiger partial charge in [0.05, 0.1) is 11.6 Å². The van der Waals surface area contributed by atoms with Crippen molar-refractivity contribution < 1.29 is 0 Å². The zero-order valence-corrected chi connectivity index (χ0v) is 12.6. The molecule has 0 saturated heterocycles. The van der Waals surface area contributed by atoms with Crippen molar-refractivity contribution in [1.82, 2.24) is 9.97 Å². The second-order valence-corrected chi connectivity index (χ2v) is 5.10. The number of aryl methyl sites for hydroxylation is 1. The molecule has 3 rings (SSSR count). The highest BCUT2D eigenvalue weighted by molar-refractivity contribution is 5.63. The zero-order valence-electron chi connectivity index (χ0n) is 12.6. The topological polar surface area (TPSA) is 73.6 Å². The molecule has 0 atom stereocenters. The largest absolute Gasteiger partial charge is 0.340 e. The molecule has 1 heterocycles. The number of anilines is 4. The van der Waals surface area contributed by atoms with Crippen LogP contribution in [0, 0.1) is 18.3 Å². The third kappa shape index (κ3) is 3.83. The van der Waals surface area contributed by atoms with E-state index in [1.165, 1.54) is 11.9 Å². The minimum absolute atomic E-state index is 0.625. The van der Waals surface area contributed by atoms with Gasteiger partial charge >= 0.3 is 0 Å². The Morgan fingerprint density at radius 3 is 2.22 bits per heavy atom. The Morgan fingerprint density at radius 2 is 1.57 bits per heavy atom. The lowest BCUT2D eigenvalue weighted by Crippen LogP contribution is -1.98. The van der Waals surface area contributed by atoms with Gasteiger partial charge in [-0.2, -0.15) is 5.26 Å². The summed E-state index contributed by atoms with van der Waals surface area (Å²) in [6.45, 7) is 2.04. The SMILES string of the molecule is Cc1cccc(Nc2cc(Nc3ccc(C#N)cc3)ncn2)c1. The van der Waals surface area contributed by atoms with Crippen molar-refractivity contribution in [2.45, 2.75) is 6.92 Å². The number of nitrogens with one attached hydrogen (secondary N) is 2. The van der Waals surface area contributed by atoms with Crippen LogP contribution in [0.3, 0.4) is 0 Å². The molecule has 3 aromatic rings. The molecule has 0 bridgehead atoms. The van der Waals surface area contributed by atoms with Crippen LogP contribution in [-0.2, 0) is 0 Å². The zero-order chi connectivity index (χ0) is 16.1. The minimum Gasteiger partial charge on any atom is -0.340 e.